The second-order valence-corrected chi connectivity index (χ2v) is 4.85. The molecule has 0 fully saturated rings. The van der Waals surface area contributed by atoms with Gasteiger partial charge in [0.2, 0.25) is 5.75 Å². The fraction of sp³-hybridized carbons (Fsp3) is 0.0769. The van der Waals surface area contributed by atoms with E-state index in [-0.39, 0.29) is 17.2 Å². The van der Waals surface area contributed by atoms with Gasteiger partial charge < -0.3 is 4.74 Å². The lowest BCUT2D eigenvalue weighted by atomic mass is 10.2. The molecule has 0 aliphatic carbocycles. The molecular formula is C13H9BrFNO3. The number of halogens is 2. The van der Waals surface area contributed by atoms with Crippen molar-refractivity contribution in [2.75, 3.05) is 0 Å². The molecule has 19 heavy (non-hydrogen) atoms. The zero-order valence-electron chi connectivity index (χ0n) is 9.89. The maximum absolute atomic E-state index is 13.2. The summed E-state index contributed by atoms with van der Waals surface area (Å²) in [5, 5.41) is 10.9. The molecule has 0 radical (unpaired) electrons. The van der Waals surface area contributed by atoms with E-state index in [0.717, 1.165) is 11.6 Å². The van der Waals surface area contributed by atoms with Gasteiger partial charge in [-0.3, -0.25) is 10.1 Å². The Bertz CT molecular complexity index is 626. The van der Waals surface area contributed by atoms with Crippen molar-refractivity contribution in [1.29, 1.82) is 0 Å². The number of nitro benzene ring substituents is 1. The van der Waals surface area contributed by atoms with Gasteiger partial charge in [-0.1, -0.05) is 22.0 Å². The van der Waals surface area contributed by atoms with Crippen LogP contribution in [0.1, 0.15) is 5.56 Å². The summed E-state index contributed by atoms with van der Waals surface area (Å²) in [6, 6.07) is 8.56. The molecule has 0 spiro atoms. The summed E-state index contributed by atoms with van der Waals surface area (Å²) < 4.78 is 19.1. The number of aryl methyl sites for hydroxylation is 1. The number of benzene rings is 2. The van der Waals surface area contributed by atoms with Crippen LogP contribution in [0.2, 0.25) is 0 Å². The number of rotatable bonds is 3. The molecule has 6 heteroatoms. The van der Waals surface area contributed by atoms with Crippen molar-refractivity contribution in [3.8, 4) is 11.5 Å². The third-order valence-electron chi connectivity index (χ3n) is 2.38. The van der Waals surface area contributed by atoms with E-state index >= 15 is 0 Å². The van der Waals surface area contributed by atoms with Crippen molar-refractivity contribution in [3.63, 3.8) is 0 Å². The first-order valence-corrected chi connectivity index (χ1v) is 6.14. The molecule has 0 N–H and O–H groups in total. The summed E-state index contributed by atoms with van der Waals surface area (Å²) in [5.41, 5.74) is 0.597. The van der Waals surface area contributed by atoms with E-state index < -0.39 is 10.7 Å². The Hall–Kier alpha value is -1.95. The Morgan fingerprint density at radius 2 is 2.00 bits per heavy atom. The Labute approximate surface area is 117 Å². The first-order chi connectivity index (χ1) is 8.95. The minimum atomic E-state index is -0.531. The van der Waals surface area contributed by atoms with Gasteiger partial charge in [0.25, 0.3) is 0 Å². The molecule has 0 heterocycles. The number of hydrogen-bond acceptors (Lipinski definition) is 3. The molecule has 0 aliphatic heterocycles. The van der Waals surface area contributed by atoms with Gasteiger partial charge in [-0.2, -0.15) is 0 Å². The second-order valence-electron chi connectivity index (χ2n) is 3.94. The van der Waals surface area contributed by atoms with Gasteiger partial charge in [0.1, 0.15) is 11.6 Å². The predicted octanol–water partition coefficient (Wildman–Crippen LogP) is 4.60. The van der Waals surface area contributed by atoms with Crippen LogP contribution in [0.4, 0.5) is 10.1 Å². The molecule has 2 rings (SSSR count). The highest BCUT2D eigenvalue weighted by atomic mass is 79.9. The van der Waals surface area contributed by atoms with E-state index in [1.807, 2.05) is 0 Å². The number of ether oxygens (including phenoxy) is 1. The quantitative estimate of drug-likeness (QED) is 0.612. The lowest BCUT2D eigenvalue weighted by Gasteiger charge is -2.07. The fourth-order valence-corrected chi connectivity index (χ4v) is 2.02. The molecule has 2 aromatic rings. The van der Waals surface area contributed by atoms with E-state index in [9.17, 15) is 14.5 Å². The van der Waals surface area contributed by atoms with Crippen molar-refractivity contribution in [2.24, 2.45) is 0 Å². The van der Waals surface area contributed by atoms with E-state index in [1.165, 1.54) is 24.3 Å². The van der Waals surface area contributed by atoms with Crippen molar-refractivity contribution in [2.45, 2.75) is 6.92 Å². The second kappa shape index (κ2) is 5.36. The highest BCUT2D eigenvalue weighted by Gasteiger charge is 2.16. The smallest absolute Gasteiger partial charge is 0.311 e. The number of nitro groups is 1. The highest BCUT2D eigenvalue weighted by Crippen LogP contribution is 2.33. The van der Waals surface area contributed by atoms with Crippen LogP contribution < -0.4 is 4.74 Å². The van der Waals surface area contributed by atoms with Gasteiger partial charge in [-0.15, -0.1) is 0 Å². The summed E-state index contributed by atoms with van der Waals surface area (Å²) in [7, 11) is 0. The minimum absolute atomic E-state index is 0.0769. The summed E-state index contributed by atoms with van der Waals surface area (Å²) in [6.45, 7) is 1.75. The van der Waals surface area contributed by atoms with Crippen LogP contribution in [0.3, 0.4) is 0 Å². The average molecular weight is 326 g/mol. The van der Waals surface area contributed by atoms with Crippen molar-refractivity contribution < 1.29 is 14.1 Å². The predicted molar refractivity (Wildman–Crippen MR) is 72.0 cm³/mol. The van der Waals surface area contributed by atoms with Gasteiger partial charge in [0.15, 0.2) is 0 Å². The fourth-order valence-electron chi connectivity index (χ4n) is 1.57. The Morgan fingerprint density at radius 3 is 2.63 bits per heavy atom. The number of hydrogen-bond donors (Lipinski definition) is 0. The molecule has 0 aromatic heterocycles. The first kappa shape index (κ1) is 13.5. The minimum Gasteiger partial charge on any atom is -0.450 e. The highest BCUT2D eigenvalue weighted by molar-refractivity contribution is 9.10. The molecule has 4 nitrogen and oxygen atoms in total. The van der Waals surface area contributed by atoms with Gasteiger partial charge >= 0.3 is 5.69 Å². The average Bonchev–Trinajstić information content (AvgIpc) is 2.30. The Balaban J connectivity index is 2.40. The molecule has 0 atom stereocenters. The lowest BCUT2D eigenvalue weighted by Crippen LogP contribution is -1.94. The zero-order valence-corrected chi connectivity index (χ0v) is 11.5. The van der Waals surface area contributed by atoms with Crippen molar-refractivity contribution in [1.82, 2.24) is 0 Å². The summed E-state index contributed by atoms with van der Waals surface area (Å²) in [5.74, 6) is -0.217. The van der Waals surface area contributed by atoms with Crippen LogP contribution in [0.25, 0.3) is 0 Å². The maximum atomic E-state index is 13.2. The molecule has 0 aliphatic rings. The standard InChI is InChI=1S/C13H9BrFNO3/c1-8-2-3-13(12(4-8)16(17)18)19-11-6-9(14)5-10(15)7-11/h2-7H,1H3. The van der Waals surface area contributed by atoms with Crippen LogP contribution in [0.15, 0.2) is 40.9 Å². The lowest BCUT2D eigenvalue weighted by molar-refractivity contribution is -0.385. The molecule has 2 aromatic carbocycles. The van der Waals surface area contributed by atoms with E-state index in [4.69, 9.17) is 4.74 Å². The SMILES string of the molecule is Cc1ccc(Oc2cc(F)cc(Br)c2)c([N+](=O)[O-])c1. The van der Waals surface area contributed by atoms with Crippen LogP contribution in [0, 0.1) is 22.9 Å². The molecule has 98 valence electrons. The van der Waals surface area contributed by atoms with E-state index in [1.54, 1.807) is 13.0 Å². The van der Waals surface area contributed by atoms with Gasteiger partial charge in [-0.25, -0.2) is 4.39 Å². The summed E-state index contributed by atoms with van der Waals surface area (Å²) in [4.78, 5) is 10.4. The van der Waals surface area contributed by atoms with E-state index in [0.29, 0.717) is 4.47 Å². The van der Waals surface area contributed by atoms with E-state index in [2.05, 4.69) is 15.9 Å². The van der Waals surface area contributed by atoms with Crippen LogP contribution in [-0.2, 0) is 0 Å². The van der Waals surface area contributed by atoms with Gasteiger partial charge in [0, 0.05) is 16.6 Å². The Kier molecular flexibility index (Phi) is 3.80. The topological polar surface area (TPSA) is 52.4 Å². The zero-order chi connectivity index (χ0) is 14.0. The summed E-state index contributed by atoms with van der Waals surface area (Å²) >= 11 is 3.13. The van der Waals surface area contributed by atoms with Crippen LogP contribution in [-0.4, -0.2) is 4.92 Å². The van der Waals surface area contributed by atoms with Crippen LogP contribution in [0.5, 0.6) is 11.5 Å². The maximum Gasteiger partial charge on any atom is 0.311 e. The molecule has 0 saturated carbocycles. The van der Waals surface area contributed by atoms with Crippen LogP contribution >= 0.6 is 15.9 Å². The first-order valence-electron chi connectivity index (χ1n) is 5.35. The monoisotopic (exact) mass is 325 g/mol. The van der Waals surface area contributed by atoms with Gasteiger partial charge in [-0.05, 0) is 30.7 Å². The molecule has 0 unspecified atom stereocenters. The molecule has 0 bridgehead atoms. The molecular weight excluding hydrogens is 317 g/mol. The largest absolute Gasteiger partial charge is 0.450 e. The third-order valence-corrected chi connectivity index (χ3v) is 2.83. The normalized spacial score (nSPS) is 10.3. The summed E-state index contributed by atoms with van der Waals surface area (Å²) in [6.07, 6.45) is 0. The Morgan fingerprint density at radius 1 is 1.26 bits per heavy atom. The molecule has 0 saturated heterocycles. The van der Waals surface area contributed by atoms with Gasteiger partial charge in [0.05, 0.1) is 4.92 Å². The third kappa shape index (κ3) is 3.29. The molecule has 0 amide bonds. The van der Waals surface area contributed by atoms with Crippen molar-refractivity contribution in [3.05, 3.63) is 62.4 Å². The number of nitrogens with zero attached hydrogens (tertiary/aromatic N) is 1. The van der Waals surface area contributed by atoms with Crippen molar-refractivity contribution >= 4 is 21.6 Å².